The molecule has 0 bridgehead atoms. The summed E-state index contributed by atoms with van der Waals surface area (Å²) in [6, 6.07) is 0. The van der Waals surface area contributed by atoms with Crippen LogP contribution in [0.25, 0.3) is 5.78 Å². The lowest BCUT2D eigenvalue weighted by atomic mass is 10.5. The van der Waals surface area contributed by atoms with Gasteiger partial charge in [-0.05, 0) is 0 Å². The van der Waals surface area contributed by atoms with Crippen LogP contribution in [0.15, 0.2) is 17.3 Å². The molecule has 1 N–H and O–H groups in total. The Morgan fingerprint density at radius 3 is 3.08 bits per heavy atom. The molecule has 2 heterocycles. The molecule has 13 heavy (non-hydrogen) atoms. The van der Waals surface area contributed by atoms with Crippen molar-refractivity contribution in [2.24, 2.45) is 0 Å². The van der Waals surface area contributed by atoms with Crippen LogP contribution in [-0.4, -0.2) is 24.5 Å². The Bertz CT molecular complexity index is 526. The van der Waals surface area contributed by atoms with E-state index < -0.39 is 16.2 Å². The lowest BCUT2D eigenvalue weighted by Crippen LogP contribution is -2.18. The first-order chi connectivity index (χ1) is 6.20. The second-order valence-corrected chi connectivity index (χ2v) is 2.23. The second-order valence-electron chi connectivity index (χ2n) is 2.23. The molecule has 0 amide bonds. The Labute approximate surface area is 70.0 Å². The third kappa shape index (κ3) is 0.956. The molecule has 0 spiro atoms. The number of hydrogen-bond donors (Lipinski definition) is 1. The van der Waals surface area contributed by atoms with Crippen LogP contribution in [0.1, 0.15) is 0 Å². The van der Waals surface area contributed by atoms with Gasteiger partial charge in [-0.1, -0.05) is 0 Å². The highest BCUT2D eigenvalue weighted by Gasteiger charge is 2.15. The second kappa shape index (κ2) is 2.37. The summed E-state index contributed by atoms with van der Waals surface area (Å²) in [5.41, 5.74) is -1.35. The van der Waals surface area contributed by atoms with Crippen LogP contribution >= 0.6 is 0 Å². The van der Waals surface area contributed by atoms with E-state index in [0.717, 1.165) is 17.0 Å². The number of aromatic amines is 1. The van der Waals surface area contributed by atoms with E-state index in [1.807, 2.05) is 0 Å². The quantitative estimate of drug-likeness (QED) is 0.463. The van der Waals surface area contributed by atoms with Crippen LogP contribution in [-0.2, 0) is 0 Å². The number of nitrogens with one attached hydrogen (secondary N) is 1. The average Bonchev–Trinajstić information content (AvgIpc) is 2.52. The molecule has 66 valence electrons. The molecule has 8 heteroatoms. The van der Waals surface area contributed by atoms with Crippen molar-refractivity contribution in [3.63, 3.8) is 0 Å². The summed E-state index contributed by atoms with van der Waals surface area (Å²) in [5.74, 6) is 0.176. The van der Waals surface area contributed by atoms with Crippen LogP contribution in [0.2, 0.25) is 0 Å². The lowest BCUT2D eigenvalue weighted by Gasteiger charge is -1.90. The Balaban J connectivity index is 2.89. The number of nitro groups is 1. The number of rotatable bonds is 1. The molecule has 0 aliphatic rings. The maximum Gasteiger partial charge on any atom is 0.353 e. The van der Waals surface area contributed by atoms with E-state index >= 15 is 0 Å². The fourth-order valence-electron chi connectivity index (χ4n) is 0.923. The summed E-state index contributed by atoms with van der Waals surface area (Å²) < 4.78 is 0.831. The highest BCUT2D eigenvalue weighted by Crippen LogP contribution is 2.00. The Kier molecular flexibility index (Phi) is 1.35. The smallest absolute Gasteiger partial charge is 0.324 e. The molecule has 0 fully saturated rings. The van der Waals surface area contributed by atoms with Gasteiger partial charge in [0.05, 0.1) is 11.1 Å². The van der Waals surface area contributed by atoms with Crippen molar-refractivity contribution < 1.29 is 4.92 Å². The fraction of sp³-hybridized carbons (Fsp3) is 0. The van der Waals surface area contributed by atoms with Crippen molar-refractivity contribution in [2.75, 3.05) is 0 Å². The van der Waals surface area contributed by atoms with E-state index in [1.165, 1.54) is 0 Å². The van der Waals surface area contributed by atoms with E-state index in [2.05, 4.69) is 15.1 Å². The van der Waals surface area contributed by atoms with E-state index in [0.29, 0.717) is 0 Å². The van der Waals surface area contributed by atoms with Gasteiger partial charge in [0, 0.05) is 0 Å². The molecule has 2 aromatic rings. The van der Waals surface area contributed by atoms with Gasteiger partial charge in [0.2, 0.25) is 5.78 Å². The minimum Gasteiger partial charge on any atom is -0.324 e. The molecule has 0 unspecified atom stereocenters. The predicted molar refractivity (Wildman–Crippen MR) is 40.3 cm³/mol. The molecular formula is C5H3N5O3. The number of nitrogens with zero attached hydrogens (tertiary/aromatic N) is 4. The van der Waals surface area contributed by atoms with Crippen molar-refractivity contribution in [3.8, 4) is 0 Å². The normalized spacial score (nSPS) is 10.5. The molecule has 0 aliphatic carbocycles. The summed E-state index contributed by atoms with van der Waals surface area (Å²) in [6.07, 6.45) is 2.13. The largest absolute Gasteiger partial charge is 0.353 e. The van der Waals surface area contributed by atoms with Crippen LogP contribution < -0.4 is 5.56 Å². The molecule has 0 aromatic carbocycles. The zero-order valence-electron chi connectivity index (χ0n) is 6.17. The molecule has 0 atom stereocenters. The van der Waals surface area contributed by atoms with E-state index in [-0.39, 0.29) is 5.78 Å². The van der Waals surface area contributed by atoms with Crippen molar-refractivity contribution in [1.82, 2.24) is 19.6 Å². The van der Waals surface area contributed by atoms with Crippen molar-refractivity contribution >= 4 is 11.5 Å². The summed E-state index contributed by atoms with van der Waals surface area (Å²) in [6.45, 7) is 0. The summed E-state index contributed by atoms with van der Waals surface area (Å²) in [4.78, 5) is 26.9. The van der Waals surface area contributed by atoms with Gasteiger partial charge in [0.1, 0.15) is 6.33 Å². The molecule has 2 rings (SSSR count). The summed E-state index contributed by atoms with van der Waals surface area (Å²) >= 11 is 0. The highest BCUT2D eigenvalue weighted by molar-refractivity contribution is 5.32. The van der Waals surface area contributed by atoms with E-state index in [1.54, 1.807) is 0 Å². The molecule has 0 saturated heterocycles. The SMILES string of the molecule is O=c1c([N+](=O)[O-])c[nH]c2ncnn12. The number of fused-ring (bicyclic) bond motifs is 1. The monoisotopic (exact) mass is 181 g/mol. The summed E-state index contributed by atoms with van der Waals surface area (Å²) in [5, 5.41) is 13.8. The zero-order chi connectivity index (χ0) is 9.42. The van der Waals surface area contributed by atoms with Gasteiger partial charge >= 0.3 is 11.2 Å². The third-order valence-corrected chi connectivity index (χ3v) is 1.49. The molecule has 0 saturated carbocycles. The number of hydrogen-bond acceptors (Lipinski definition) is 5. The van der Waals surface area contributed by atoms with Gasteiger partial charge in [0.15, 0.2) is 0 Å². The maximum absolute atomic E-state index is 11.2. The highest BCUT2D eigenvalue weighted by atomic mass is 16.6. The first kappa shape index (κ1) is 7.40. The Morgan fingerprint density at radius 2 is 2.38 bits per heavy atom. The molecule has 0 radical (unpaired) electrons. The Hall–Kier alpha value is -2.25. The lowest BCUT2D eigenvalue weighted by molar-refractivity contribution is -0.386. The van der Waals surface area contributed by atoms with Crippen molar-refractivity contribution in [1.29, 1.82) is 0 Å². The topological polar surface area (TPSA) is 106 Å². The average molecular weight is 181 g/mol. The van der Waals surface area contributed by atoms with Gasteiger partial charge in [-0.2, -0.15) is 9.50 Å². The van der Waals surface area contributed by atoms with Crippen LogP contribution in [0.3, 0.4) is 0 Å². The van der Waals surface area contributed by atoms with Crippen LogP contribution in [0, 0.1) is 10.1 Å². The van der Waals surface area contributed by atoms with E-state index in [4.69, 9.17) is 0 Å². The number of aromatic nitrogens is 4. The predicted octanol–water partition coefficient (Wildman–Crippen LogP) is -0.674. The molecule has 8 nitrogen and oxygen atoms in total. The summed E-state index contributed by atoms with van der Waals surface area (Å²) in [7, 11) is 0. The molecular weight excluding hydrogens is 178 g/mol. The van der Waals surface area contributed by atoms with Gasteiger partial charge < -0.3 is 4.98 Å². The number of H-pyrrole nitrogens is 1. The maximum atomic E-state index is 11.2. The van der Waals surface area contributed by atoms with E-state index in [9.17, 15) is 14.9 Å². The van der Waals surface area contributed by atoms with Crippen LogP contribution in [0.5, 0.6) is 0 Å². The van der Waals surface area contributed by atoms with Gasteiger partial charge in [-0.15, -0.1) is 5.10 Å². The standard InChI is InChI=1S/C5H3N5O3/c11-4-3(10(12)13)1-6-5-7-2-8-9(4)5/h1-2H,(H,6,7,8). The Morgan fingerprint density at radius 1 is 1.62 bits per heavy atom. The molecule has 0 aliphatic heterocycles. The van der Waals surface area contributed by atoms with Crippen molar-refractivity contribution in [2.45, 2.75) is 0 Å². The van der Waals surface area contributed by atoms with Gasteiger partial charge in [0.25, 0.3) is 0 Å². The van der Waals surface area contributed by atoms with Gasteiger partial charge in [-0.3, -0.25) is 14.9 Å². The minimum absolute atomic E-state index is 0.176. The third-order valence-electron chi connectivity index (χ3n) is 1.49. The van der Waals surface area contributed by atoms with Crippen LogP contribution in [0.4, 0.5) is 5.69 Å². The molecule has 2 aromatic heterocycles. The van der Waals surface area contributed by atoms with Gasteiger partial charge in [-0.25, -0.2) is 0 Å². The van der Waals surface area contributed by atoms with Crippen molar-refractivity contribution in [3.05, 3.63) is 33.0 Å². The first-order valence-electron chi connectivity index (χ1n) is 3.26. The zero-order valence-corrected chi connectivity index (χ0v) is 6.17. The minimum atomic E-state index is -0.795. The fourth-order valence-corrected chi connectivity index (χ4v) is 0.923. The first-order valence-corrected chi connectivity index (χ1v) is 3.26.